The van der Waals surface area contributed by atoms with Gasteiger partial charge in [0.25, 0.3) is 0 Å². The molecule has 1 aliphatic rings. The number of carbonyl (C=O) groups excluding carboxylic acids is 2. The minimum Gasteiger partial charge on any atom is -0.466 e. The van der Waals surface area contributed by atoms with Crippen molar-refractivity contribution in [2.75, 3.05) is 13.7 Å². The predicted molar refractivity (Wildman–Crippen MR) is 81.4 cm³/mol. The monoisotopic (exact) mass is 340 g/mol. The van der Waals surface area contributed by atoms with Crippen LogP contribution in [0, 0.1) is 0 Å². The average Bonchev–Trinajstić information content (AvgIpc) is 2.54. The lowest BCUT2D eigenvalue weighted by molar-refractivity contribution is -0.136. The van der Waals surface area contributed by atoms with Crippen molar-refractivity contribution in [1.29, 1.82) is 0 Å². The summed E-state index contributed by atoms with van der Waals surface area (Å²) < 4.78 is 34.6. The van der Waals surface area contributed by atoms with E-state index in [0.717, 1.165) is 0 Å². The summed E-state index contributed by atoms with van der Waals surface area (Å²) in [6.45, 7) is 0.689. The van der Waals surface area contributed by atoms with Gasteiger partial charge in [-0.3, -0.25) is 4.90 Å². The second-order valence-electron chi connectivity index (χ2n) is 5.03. The van der Waals surface area contributed by atoms with Crippen molar-refractivity contribution in [3.05, 3.63) is 41.1 Å². The Bertz CT molecular complexity index is 676. The van der Waals surface area contributed by atoms with E-state index >= 15 is 0 Å². The zero-order valence-electron chi connectivity index (χ0n) is 13.5. The highest BCUT2D eigenvalue weighted by Crippen LogP contribution is 2.36. The molecule has 2 amide bonds. The molecule has 1 aliphatic heterocycles. The van der Waals surface area contributed by atoms with Gasteiger partial charge in [0, 0.05) is 17.8 Å². The van der Waals surface area contributed by atoms with Crippen LogP contribution in [0.4, 0.5) is 13.6 Å². The summed E-state index contributed by atoms with van der Waals surface area (Å²) in [5.74, 6) is -0.764. The zero-order valence-corrected chi connectivity index (χ0v) is 13.5. The lowest BCUT2D eigenvalue weighted by atomic mass is 9.94. The summed E-state index contributed by atoms with van der Waals surface area (Å²) in [6, 6.07) is 4.63. The molecule has 0 bridgehead atoms. The van der Waals surface area contributed by atoms with Crippen molar-refractivity contribution in [3.63, 3.8) is 0 Å². The fraction of sp³-hybridized carbons (Fsp3) is 0.375. The molecule has 0 saturated carbocycles. The molecule has 8 heteroatoms. The maximum Gasteiger partial charge on any atom is 0.387 e. The second kappa shape index (κ2) is 7.29. The van der Waals surface area contributed by atoms with Crippen molar-refractivity contribution < 1.29 is 27.8 Å². The molecule has 1 N–H and O–H groups in total. The molecule has 0 radical (unpaired) electrons. The first-order valence-electron chi connectivity index (χ1n) is 7.31. The predicted octanol–water partition coefficient (Wildman–Crippen LogP) is 2.82. The van der Waals surface area contributed by atoms with Gasteiger partial charge in [-0.15, -0.1) is 0 Å². The number of nitrogens with zero attached hydrogens (tertiary/aromatic N) is 1. The minimum absolute atomic E-state index is 0.114. The van der Waals surface area contributed by atoms with Gasteiger partial charge in [-0.1, -0.05) is 18.2 Å². The number of halogens is 2. The third-order valence-corrected chi connectivity index (χ3v) is 3.76. The number of urea groups is 1. The summed E-state index contributed by atoms with van der Waals surface area (Å²) in [5, 5.41) is 2.65. The first-order chi connectivity index (χ1) is 11.4. The number of rotatable bonds is 5. The van der Waals surface area contributed by atoms with Crippen molar-refractivity contribution in [2.45, 2.75) is 26.5 Å². The van der Waals surface area contributed by atoms with Gasteiger partial charge in [0.15, 0.2) is 0 Å². The number of amides is 2. The Morgan fingerprint density at radius 2 is 2.04 bits per heavy atom. The Morgan fingerprint density at radius 1 is 1.38 bits per heavy atom. The number of methoxy groups -OCH3 is 1. The molecule has 0 aliphatic carbocycles. The Hall–Kier alpha value is -2.64. The van der Waals surface area contributed by atoms with Crippen molar-refractivity contribution >= 4 is 12.0 Å². The number of benzene rings is 1. The highest BCUT2D eigenvalue weighted by molar-refractivity contribution is 5.95. The second-order valence-corrected chi connectivity index (χ2v) is 5.03. The lowest BCUT2D eigenvalue weighted by Gasteiger charge is -2.35. The number of carbonyl (C=O) groups is 2. The molecular formula is C16H18F2N2O4. The lowest BCUT2D eigenvalue weighted by Crippen LogP contribution is -2.47. The van der Waals surface area contributed by atoms with Crippen LogP contribution in [0.2, 0.25) is 0 Å². The van der Waals surface area contributed by atoms with Crippen LogP contribution < -0.4 is 10.1 Å². The minimum atomic E-state index is -3.02. The number of para-hydroxylation sites is 1. The smallest absolute Gasteiger partial charge is 0.387 e. The number of hydrogen-bond donors (Lipinski definition) is 1. The van der Waals surface area contributed by atoms with Crippen LogP contribution in [0.25, 0.3) is 0 Å². The number of nitrogens with one attached hydrogen (secondary N) is 1. The van der Waals surface area contributed by atoms with E-state index in [1.807, 2.05) is 0 Å². The molecule has 0 spiro atoms. The van der Waals surface area contributed by atoms with E-state index in [4.69, 9.17) is 4.74 Å². The first kappa shape index (κ1) is 17.7. The van der Waals surface area contributed by atoms with Crippen molar-refractivity contribution in [3.8, 4) is 5.75 Å². The van der Waals surface area contributed by atoms with Crippen LogP contribution in [0.15, 0.2) is 35.5 Å². The summed E-state index contributed by atoms with van der Waals surface area (Å²) in [4.78, 5) is 25.8. The topological polar surface area (TPSA) is 67.9 Å². The summed E-state index contributed by atoms with van der Waals surface area (Å²) in [7, 11) is 1.22. The molecule has 1 atom stereocenters. The van der Waals surface area contributed by atoms with Gasteiger partial charge in [0.1, 0.15) is 5.75 Å². The van der Waals surface area contributed by atoms with Gasteiger partial charge < -0.3 is 14.8 Å². The van der Waals surface area contributed by atoms with E-state index < -0.39 is 24.7 Å². The Balaban J connectivity index is 2.58. The summed E-state index contributed by atoms with van der Waals surface area (Å²) >= 11 is 0. The van der Waals surface area contributed by atoms with E-state index in [2.05, 4.69) is 10.1 Å². The van der Waals surface area contributed by atoms with E-state index in [-0.39, 0.29) is 16.9 Å². The normalized spacial score (nSPS) is 17.8. The van der Waals surface area contributed by atoms with Gasteiger partial charge in [0.05, 0.1) is 18.7 Å². The fourth-order valence-corrected chi connectivity index (χ4v) is 2.69. The van der Waals surface area contributed by atoms with Gasteiger partial charge in [-0.25, -0.2) is 9.59 Å². The molecule has 6 nitrogen and oxygen atoms in total. The fourth-order valence-electron chi connectivity index (χ4n) is 2.69. The summed E-state index contributed by atoms with van der Waals surface area (Å²) in [6.07, 6.45) is 0. The molecule has 0 unspecified atom stereocenters. The molecule has 2 rings (SSSR count). The quantitative estimate of drug-likeness (QED) is 0.837. The number of esters is 1. The first-order valence-corrected chi connectivity index (χ1v) is 7.31. The molecule has 1 heterocycles. The van der Waals surface area contributed by atoms with Gasteiger partial charge >= 0.3 is 18.6 Å². The van der Waals surface area contributed by atoms with Crippen molar-refractivity contribution in [1.82, 2.24) is 10.2 Å². The molecule has 130 valence electrons. The van der Waals surface area contributed by atoms with Crippen molar-refractivity contribution in [2.24, 2.45) is 0 Å². The van der Waals surface area contributed by atoms with E-state index in [9.17, 15) is 18.4 Å². The third-order valence-electron chi connectivity index (χ3n) is 3.76. The van der Waals surface area contributed by atoms with Gasteiger partial charge in [-0.05, 0) is 19.9 Å². The van der Waals surface area contributed by atoms with E-state index in [1.54, 1.807) is 19.9 Å². The van der Waals surface area contributed by atoms with Crippen LogP contribution in [-0.2, 0) is 9.53 Å². The number of hydrogen-bond acceptors (Lipinski definition) is 4. The standard InChI is InChI=1S/C16H18F2N2O4/c1-4-20-9(2)12(14(21)23-3)13(19-16(20)22)10-7-5-6-8-11(10)24-15(17)18/h5-8,13,15H,4H2,1-3H3,(H,19,22)/t13-/m1/s1. The molecule has 1 aromatic carbocycles. The molecule has 0 fully saturated rings. The van der Waals surface area contributed by atoms with Crippen LogP contribution in [0.3, 0.4) is 0 Å². The number of alkyl halides is 2. The zero-order chi connectivity index (χ0) is 17.9. The highest BCUT2D eigenvalue weighted by Gasteiger charge is 2.37. The SMILES string of the molecule is CCN1C(=O)N[C@H](c2ccccc2OC(F)F)C(C(=O)OC)=C1C. The Morgan fingerprint density at radius 3 is 2.62 bits per heavy atom. The highest BCUT2D eigenvalue weighted by atomic mass is 19.3. The van der Waals surface area contributed by atoms with Crippen LogP contribution in [0.5, 0.6) is 5.75 Å². The Kier molecular flexibility index (Phi) is 5.38. The van der Waals surface area contributed by atoms with E-state index in [1.165, 1.54) is 30.2 Å². The maximum absolute atomic E-state index is 12.6. The van der Waals surface area contributed by atoms with E-state index in [0.29, 0.717) is 12.2 Å². The molecule has 0 aromatic heterocycles. The largest absolute Gasteiger partial charge is 0.466 e. The number of ether oxygens (including phenoxy) is 2. The summed E-state index contributed by atoms with van der Waals surface area (Å²) in [5.41, 5.74) is 0.830. The molecule has 1 aromatic rings. The van der Waals surface area contributed by atoms with Crippen LogP contribution >= 0.6 is 0 Å². The molecule has 0 saturated heterocycles. The maximum atomic E-state index is 12.6. The average molecular weight is 340 g/mol. The molecular weight excluding hydrogens is 322 g/mol. The van der Waals surface area contributed by atoms with Gasteiger partial charge in [0.2, 0.25) is 0 Å². The number of allylic oxidation sites excluding steroid dienone is 1. The third kappa shape index (κ3) is 3.32. The van der Waals surface area contributed by atoms with Crippen LogP contribution in [-0.4, -0.2) is 37.2 Å². The van der Waals surface area contributed by atoms with Crippen LogP contribution in [0.1, 0.15) is 25.5 Å². The Labute approximate surface area is 138 Å². The molecule has 24 heavy (non-hydrogen) atoms. The van der Waals surface area contributed by atoms with Gasteiger partial charge in [-0.2, -0.15) is 8.78 Å².